The summed E-state index contributed by atoms with van der Waals surface area (Å²) in [6, 6.07) is 0. The Morgan fingerprint density at radius 1 is 0.875 bits per heavy atom. The van der Waals surface area contributed by atoms with Crippen molar-refractivity contribution in [2.75, 3.05) is 0 Å². The predicted octanol–water partition coefficient (Wildman–Crippen LogP) is 1.68. The van der Waals surface area contributed by atoms with Gasteiger partial charge in [-0.2, -0.15) is 37.9 Å². The first-order valence-electron chi connectivity index (χ1n) is 2.76. The molecule has 1 rings (SSSR count). The molecule has 2 atom stereocenters. The van der Waals surface area contributed by atoms with E-state index in [-0.39, 0.29) is 0 Å². The van der Waals surface area contributed by atoms with Gasteiger partial charge in [-0.3, -0.25) is 0 Å². The van der Waals surface area contributed by atoms with Gasteiger partial charge in [-0.25, -0.2) is 0 Å². The van der Waals surface area contributed by atoms with E-state index in [2.05, 4.69) is 37.9 Å². The van der Waals surface area contributed by atoms with Crippen molar-refractivity contribution >= 4 is 37.9 Å². The lowest BCUT2D eigenvalue weighted by atomic mass is 10.4. The van der Waals surface area contributed by atoms with Gasteiger partial charge in [-0.15, -0.1) is 0 Å². The molecule has 1 aliphatic carbocycles. The lowest BCUT2D eigenvalue weighted by Gasteiger charge is -2.09. The molecule has 0 saturated heterocycles. The summed E-state index contributed by atoms with van der Waals surface area (Å²) >= 11 is 13.0. The minimum Gasteiger partial charge on any atom is -0.175 e. The van der Waals surface area contributed by atoms with Crippen LogP contribution in [0.2, 0.25) is 0 Å². The van der Waals surface area contributed by atoms with Crippen LogP contribution < -0.4 is 0 Å². The van der Waals surface area contributed by atoms with Crippen molar-refractivity contribution in [2.24, 2.45) is 0 Å². The quantitative estimate of drug-likeness (QED) is 0.448. The maximum absolute atomic E-state index is 4.33. The molecule has 2 unspecified atom stereocenters. The van der Waals surface area contributed by atoms with Crippen LogP contribution in [0.1, 0.15) is 12.8 Å². The van der Waals surface area contributed by atoms with Gasteiger partial charge in [0.05, 0.1) is 0 Å². The highest BCUT2D eigenvalue weighted by Crippen LogP contribution is 2.31. The van der Waals surface area contributed by atoms with Gasteiger partial charge >= 0.3 is 0 Å². The van der Waals surface area contributed by atoms with Crippen LogP contribution in [0.5, 0.6) is 0 Å². The van der Waals surface area contributed by atoms with Gasteiger partial charge in [-0.1, -0.05) is 0 Å². The zero-order chi connectivity index (χ0) is 6.15. The van der Waals surface area contributed by atoms with E-state index in [9.17, 15) is 0 Å². The lowest BCUT2D eigenvalue weighted by molar-refractivity contribution is 0.907. The first kappa shape index (κ1) is 7.16. The van der Waals surface area contributed by atoms with E-state index in [4.69, 9.17) is 0 Å². The van der Waals surface area contributed by atoms with E-state index < -0.39 is 0 Å². The highest BCUT2D eigenvalue weighted by Gasteiger charge is 2.28. The summed E-state index contributed by atoms with van der Waals surface area (Å²) in [5, 5.41) is 1.35. The third-order valence-corrected chi connectivity index (χ3v) is 3.90. The maximum atomic E-state index is 4.33. The maximum Gasteiger partial charge on any atom is 0.0250 e. The summed E-state index contributed by atoms with van der Waals surface area (Å²) < 4.78 is 0. The molecule has 3 heteroatoms. The second-order valence-corrected chi connectivity index (χ2v) is 4.13. The van der Waals surface area contributed by atoms with E-state index in [1.807, 2.05) is 0 Å². The van der Waals surface area contributed by atoms with Crippen molar-refractivity contribution in [3.63, 3.8) is 0 Å². The molecule has 0 radical (unpaired) electrons. The molecule has 0 bridgehead atoms. The predicted molar refractivity (Wildman–Crippen MR) is 47.6 cm³/mol. The summed E-state index contributed by atoms with van der Waals surface area (Å²) in [5.74, 6) is 0. The van der Waals surface area contributed by atoms with E-state index >= 15 is 0 Å². The van der Waals surface area contributed by atoms with Crippen molar-refractivity contribution in [1.82, 2.24) is 0 Å². The van der Waals surface area contributed by atoms with Gasteiger partial charge in [-0.05, 0) is 12.8 Å². The van der Waals surface area contributed by atoms with Crippen LogP contribution in [-0.2, 0) is 0 Å². The lowest BCUT2D eigenvalue weighted by Crippen LogP contribution is -2.14. The number of hydrogen-bond acceptors (Lipinski definition) is 3. The molecule has 0 aromatic rings. The van der Waals surface area contributed by atoms with Crippen LogP contribution in [-0.4, -0.2) is 15.7 Å². The van der Waals surface area contributed by atoms with Crippen LogP contribution in [0.25, 0.3) is 0 Å². The molecule has 0 spiro atoms. The molecule has 48 valence electrons. The number of hydrogen-bond donors (Lipinski definition) is 3. The molecule has 0 amide bonds. The molecule has 1 fully saturated rings. The first-order chi connectivity index (χ1) is 3.72. The Bertz CT molecular complexity index is 73.7. The van der Waals surface area contributed by atoms with Crippen molar-refractivity contribution in [3.05, 3.63) is 0 Å². The topological polar surface area (TPSA) is 0 Å². The van der Waals surface area contributed by atoms with Crippen LogP contribution in [0.15, 0.2) is 0 Å². The van der Waals surface area contributed by atoms with Gasteiger partial charge in [0.1, 0.15) is 0 Å². The fraction of sp³-hybridized carbons (Fsp3) is 1.00. The van der Waals surface area contributed by atoms with E-state index in [0.29, 0.717) is 15.7 Å². The Morgan fingerprint density at radius 3 is 1.38 bits per heavy atom. The normalized spacial score (nSPS) is 47.6. The third-order valence-electron chi connectivity index (χ3n) is 1.55. The Morgan fingerprint density at radius 2 is 1.25 bits per heavy atom. The van der Waals surface area contributed by atoms with Gasteiger partial charge in [0.25, 0.3) is 0 Å². The van der Waals surface area contributed by atoms with Crippen molar-refractivity contribution < 1.29 is 0 Å². The Hall–Kier alpha value is 1.05. The van der Waals surface area contributed by atoms with Crippen LogP contribution >= 0.6 is 37.9 Å². The summed E-state index contributed by atoms with van der Waals surface area (Å²) in [6.07, 6.45) is 2.34. The molecule has 0 aromatic heterocycles. The molecular formula is C5H10S3. The Labute approximate surface area is 66.7 Å². The van der Waals surface area contributed by atoms with Crippen molar-refractivity contribution in [3.8, 4) is 0 Å². The van der Waals surface area contributed by atoms with Gasteiger partial charge < -0.3 is 0 Å². The molecule has 0 nitrogen and oxygen atoms in total. The van der Waals surface area contributed by atoms with Gasteiger partial charge in [0, 0.05) is 15.7 Å². The molecule has 0 aliphatic heterocycles. The molecule has 1 aliphatic rings. The van der Waals surface area contributed by atoms with E-state index in [1.54, 1.807) is 0 Å². The first-order valence-corrected chi connectivity index (χ1v) is 4.31. The zero-order valence-electron chi connectivity index (χ0n) is 4.49. The van der Waals surface area contributed by atoms with Crippen LogP contribution in [0.4, 0.5) is 0 Å². The second kappa shape index (κ2) is 2.76. The largest absolute Gasteiger partial charge is 0.175 e. The third kappa shape index (κ3) is 1.31. The second-order valence-electron chi connectivity index (χ2n) is 2.20. The average molecular weight is 166 g/mol. The van der Waals surface area contributed by atoms with Crippen LogP contribution in [0, 0.1) is 0 Å². The number of rotatable bonds is 0. The molecule has 8 heavy (non-hydrogen) atoms. The highest BCUT2D eigenvalue weighted by molar-refractivity contribution is 7.87. The molecule has 0 heterocycles. The molecular weight excluding hydrogens is 156 g/mol. The van der Waals surface area contributed by atoms with E-state index in [0.717, 1.165) is 0 Å². The molecule has 0 aromatic carbocycles. The standard InChI is InChI=1S/C5H10S3/c6-3-1-2-4(7)5(3)8/h3-8H,1-2H2. The van der Waals surface area contributed by atoms with Crippen LogP contribution in [0.3, 0.4) is 0 Å². The summed E-state index contributed by atoms with van der Waals surface area (Å²) in [5.41, 5.74) is 0. The summed E-state index contributed by atoms with van der Waals surface area (Å²) in [4.78, 5) is 0. The zero-order valence-corrected chi connectivity index (χ0v) is 7.17. The minimum absolute atomic E-state index is 0.404. The smallest absolute Gasteiger partial charge is 0.0250 e. The Kier molecular flexibility index (Phi) is 2.47. The van der Waals surface area contributed by atoms with E-state index in [1.165, 1.54) is 12.8 Å². The Balaban J connectivity index is 2.44. The molecule has 0 N–H and O–H groups in total. The molecule has 1 saturated carbocycles. The van der Waals surface area contributed by atoms with Crippen molar-refractivity contribution in [2.45, 2.75) is 28.6 Å². The highest BCUT2D eigenvalue weighted by atomic mass is 32.1. The monoisotopic (exact) mass is 166 g/mol. The minimum atomic E-state index is 0.404. The fourth-order valence-electron chi connectivity index (χ4n) is 0.939. The fourth-order valence-corrected chi connectivity index (χ4v) is 2.09. The van der Waals surface area contributed by atoms with Gasteiger partial charge in [0.15, 0.2) is 0 Å². The summed E-state index contributed by atoms with van der Waals surface area (Å²) in [7, 11) is 0. The summed E-state index contributed by atoms with van der Waals surface area (Å²) in [6.45, 7) is 0. The number of thiol groups is 3. The SMILES string of the molecule is SC1CCC(S)C1S. The average Bonchev–Trinajstić information content (AvgIpc) is 1.98. The van der Waals surface area contributed by atoms with Gasteiger partial charge in [0.2, 0.25) is 0 Å². The van der Waals surface area contributed by atoms with Crippen molar-refractivity contribution in [1.29, 1.82) is 0 Å².